The minimum atomic E-state index is 0. The van der Waals surface area contributed by atoms with E-state index in [0.29, 0.717) is 5.92 Å². The van der Waals surface area contributed by atoms with Crippen LogP contribution in [0.5, 0.6) is 0 Å². The van der Waals surface area contributed by atoms with Gasteiger partial charge in [0.15, 0.2) is 5.96 Å². The Labute approximate surface area is 195 Å². The van der Waals surface area contributed by atoms with Crippen LogP contribution in [0.15, 0.2) is 70.1 Å². The van der Waals surface area contributed by atoms with E-state index in [1.165, 1.54) is 5.56 Å². The van der Waals surface area contributed by atoms with Crippen LogP contribution in [0.2, 0.25) is 0 Å². The van der Waals surface area contributed by atoms with E-state index in [0.717, 1.165) is 48.8 Å². The molecule has 3 atom stereocenters. The van der Waals surface area contributed by atoms with Crippen LogP contribution in [0.25, 0.3) is 11.0 Å². The van der Waals surface area contributed by atoms with Gasteiger partial charge < -0.3 is 19.8 Å². The molecule has 0 radical (unpaired) electrons. The van der Waals surface area contributed by atoms with E-state index < -0.39 is 0 Å². The smallest absolute Gasteiger partial charge is 0.191 e. The SMILES string of the molecule is CCNC(=NCC1CCOC1c1ccccc1)NC(C)c1cc2ccccc2o1.I. The Kier molecular flexibility index (Phi) is 8.16. The zero-order chi connectivity index (χ0) is 20.1. The summed E-state index contributed by atoms with van der Waals surface area (Å²) in [6, 6.07) is 20.6. The number of hydrogen-bond acceptors (Lipinski definition) is 3. The number of fused-ring (bicyclic) bond motifs is 1. The van der Waals surface area contributed by atoms with Gasteiger partial charge >= 0.3 is 0 Å². The molecule has 0 aliphatic carbocycles. The van der Waals surface area contributed by atoms with Gasteiger partial charge in [-0.25, -0.2) is 0 Å². The van der Waals surface area contributed by atoms with Gasteiger partial charge in [-0.3, -0.25) is 4.99 Å². The fourth-order valence-corrected chi connectivity index (χ4v) is 3.85. The van der Waals surface area contributed by atoms with Crippen molar-refractivity contribution in [3.63, 3.8) is 0 Å². The number of para-hydroxylation sites is 1. The minimum Gasteiger partial charge on any atom is -0.459 e. The average Bonchev–Trinajstić information content (AvgIpc) is 3.39. The molecular formula is C24H30IN3O2. The number of aliphatic imine (C=N–C) groups is 1. The number of benzene rings is 2. The van der Waals surface area contributed by atoms with Crippen LogP contribution in [0.4, 0.5) is 0 Å². The van der Waals surface area contributed by atoms with Crippen LogP contribution in [0.3, 0.4) is 0 Å². The fourth-order valence-electron chi connectivity index (χ4n) is 3.85. The molecule has 3 unspecified atom stereocenters. The van der Waals surface area contributed by atoms with Crippen molar-refractivity contribution in [2.75, 3.05) is 19.7 Å². The number of nitrogens with zero attached hydrogens (tertiary/aromatic N) is 1. The first-order valence-electron chi connectivity index (χ1n) is 10.4. The normalized spacial score (nSPS) is 20.0. The lowest BCUT2D eigenvalue weighted by atomic mass is 9.95. The van der Waals surface area contributed by atoms with Gasteiger partial charge in [0, 0.05) is 31.0 Å². The molecular weight excluding hydrogens is 489 g/mol. The van der Waals surface area contributed by atoms with Crippen LogP contribution >= 0.6 is 24.0 Å². The van der Waals surface area contributed by atoms with Crippen molar-refractivity contribution in [1.82, 2.24) is 10.6 Å². The van der Waals surface area contributed by atoms with Crippen LogP contribution in [-0.4, -0.2) is 25.7 Å². The van der Waals surface area contributed by atoms with Crippen molar-refractivity contribution in [3.05, 3.63) is 72.0 Å². The summed E-state index contributed by atoms with van der Waals surface area (Å²) in [7, 11) is 0. The lowest BCUT2D eigenvalue weighted by molar-refractivity contribution is 0.0925. The highest BCUT2D eigenvalue weighted by Crippen LogP contribution is 2.34. The van der Waals surface area contributed by atoms with E-state index in [-0.39, 0.29) is 36.1 Å². The molecule has 0 amide bonds. The van der Waals surface area contributed by atoms with Gasteiger partial charge in [0.25, 0.3) is 0 Å². The van der Waals surface area contributed by atoms with Gasteiger partial charge in [-0.15, -0.1) is 24.0 Å². The molecule has 1 fully saturated rings. The van der Waals surface area contributed by atoms with Gasteiger partial charge in [0.1, 0.15) is 11.3 Å². The summed E-state index contributed by atoms with van der Waals surface area (Å²) >= 11 is 0. The molecule has 1 saturated heterocycles. The van der Waals surface area contributed by atoms with Gasteiger partial charge in [0.2, 0.25) is 0 Å². The van der Waals surface area contributed by atoms with Crippen molar-refractivity contribution in [3.8, 4) is 0 Å². The summed E-state index contributed by atoms with van der Waals surface area (Å²) in [5, 5.41) is 7.95. The third-order valence-electron chi connectivity index (χ3n) is 5.40. The fraction of sp³-hybridized carbons (Fsp3) is 0.375. The number of hydrogen-bond donors (Lipinski definition) is 2. The third-order valence-corrected chi connectivity index (χ3v) is 5.40. The predicted octanol–water partition coefficient (Wildman–Crippen LogP) is 5.44. The second-order valence-corrected chi connectivity index (χ2v) is 7.52. The van der Waals surface area contributed by atoms with Gasteiger partial charge in [-0.1, -0.05) is 48.5 Å². The molecule has 2 heterocycles. The van der Waals surface area contributed by atoms with E-state index in [1.54, 1.807) is 0 Å². The van der Waals surface area contributed by atoms with Gasteiger partial charge in [0.05, 0.1) is 12.1 Å². The molecule has 1 aliphatic rings. The molecule has 3 aromatic rings. The zero-order valence-electron chi connectivity index (χ0n) is 17.5. The first-order valence-corrected chi connectivity index (χ1v) is 10.4. The van der Waals surface area contributed by atoms with E-state index in [4.69, 9.17) is 14.1 Å². The molecule has 1 aliphatic heterocycles. The molecule has 0 saturated carbocycles. The molecule has 2 N–H and O–H groups in total. The highest BCUT2D eigenvalue weighted by Gasteiger charge is 2.29. The molecule has 5 nitrogen and oxygen atoms in total. The van der Waals surface area contributed by atoms with Crippen molar-refractivity contribution < 1.29 is 9.15 Å². The molecule has 6 heteroatoms. The predicted molar refractivity (Wildman–Crippen MR) is 132 cm³/mol. The molecule has 1 aromatic heterocycles. The lowest BCUT2D eigenvalue weighted by Crippen LogP contribution is -2.39. The molecule has 30 heavy (non-hydrogen) atoms. The number of ether oxygens (including phenoxy) is 1. The van der Waals surface area contributed by atoms with E-state index >= 15 is 0 Å². The van der Waals surface area contributed by atoms with E-state index in [1.807, 2.05) is 24.3 Å². The van der Waals surface area contributed by atoms with Crippen molar-refractivity contribution in [1.29, 1.82) is 0 Å². The Bertz CT molecular complexity index is 924. The first kappa shape index (κ1) is 22.6. The summed E-state index contributed by atoms with van der Waals surface area (Å²) in [4.78, 5) is 4.86. The standard InChI is InChI=1S/C24H29N3O2.HI/c1-3-25-24(27-17(2)22-15-19-11-7-8-12-21(19)29-22)26-16-20-13-14-28-23(20)18-9-5-4-6-10-18;/h4-12,15,17,20,23H,3,13-14,16H2,1-2H3,(H2,25,26,27);1H. The average molecular weight is 519 g/mol. The Morgan fingerprint density at radius 2 is 1.90 bits per heavy atom. The maximum atomic E-state index is 6.00. The largest absolute Gasteiger partial charge is 0.459 e. The highest BCUT2D eigenvalue weighted by atomic mass is 127. The Morgan fingerprint density at radius 1 is 1.13 bits per heavy atom. The van der Waals surface area contributed by atoms with Crippen molar-refractivity contribution >= 4 is 40.9 Å². The van der Waals surface area contributed by atoms with Gasteiger partial charge in [-0.2, -0.15) is 0 Å². The summed E-state index contributed by atoms with van der Waals surface area (Å²) in [5.41, 5.74) is 2.14. The van der Waals surface area contributed by atoms with Crippen LogP contribution < -0.4 is 10.6 Å². The van der Waals surface area contributed by atoms with Crippen molar-refractivity contribution in [2.24, 2.45) is 10.9 Å². The third kappa shape index (κ3) is 5.35. The molecule has 160 valence electrons. The van der Waals surface area contributed by atoms with Gasteiger partial charge in [-0.05, 0) is 38.0 Å². The summed E-state index contributed by atoms with van der Waals surface area (Å²) < 4.78 is 12.0. The van der Waals surface area contributed by atoms with Crippen molar-refractivity contribution in [2.45, 2.75) is 32.4 Å². The number of guanidine groups is 1. The van der Waals surface area contributed by atoms with E-state index in [2.05, 4.69) is 60.9 Å². The second kappa shape index (κ2) is 10.8. The first-order chi connectivity index (χ1) is 14.2. The topological polar surface area (TPSA) is 58.8 Å². The zero-order valence-corrected chi connectivity index (χ0v) is 19.8. The number of nitrogens with one attached hydrogen (secondary N) is 2. The Balaban J connectivity index is 0.00000256. The number of furan rings is 1. The second-order valence-electron chi connectivity index (χ2n) is 7.52. The number of halogens is 1. The van der Waals surface area contributed by atoms with E-state index in [9.17, 15) is 0 Å². The molecule has 4 rings (SSSR count). The number of rotatable bonds is 6. The summed E-state index contributed by atoms with van der Waals surface area (Å²) in [6.07, 6.45) is 1.15. The van der Waals surface area contributed by atoms with Crippen LogP contribution in [0.1, 0.15) is 43.7 Å². The molecule has 0 bridgehead atoms. The lowest BCUT2D eigenvalue weighted by Gasteiger charge is -2.19. The highest BCUT2D eigenvalue weighted by molar-refractivity contribution is 14.0. The maximum absolute atomic E-state index is 6.00. The minimum absolute atomic E-state index is 0. The molecule has 2 aromatic carbocycles. The monoisotopic (exact) mass is 519 g/mol. The van der Waals surface area contributed by atoms with Crippen LogP contribution in [0, 0.1) is 5.92 Å². The molecule has 0 spiro atoms. The summed E-state index contributed by atoms with van der Waals surface area (Å²) in [5.74, 6) is 2.09. The Hall–Kier alpha value is -2.06. The summed E-state index contributed by atoms with van der Waals surface area (Å²) in [6.45, 7) is 6.49. The quantitative estimate of drug-likeness (QED) is 0.259. The Morgan fingerprint density at radius 3 is 2.67 bits per heavy atom. The van der Waals surface area contributed by atoms with Crippen LogP contribution in [-0.2, 0) is 4.74 Å². The maximum Gasteiger partial charge on any atom is 0.191 e.